The van der Waals surface area contributed by atoms with Gasteiger partial charge in [0.15, 0.2) is 11.5 Å². The van der Waals surface area contributed by atoms with Crippen LogP contribution in [0.1, 0.15) is 29.3 Å². The molecule has 0 aliphatic carbocycles. The minimum absolute atomic E-state index is 0.0874. The first kappa shape index (κ1) is 19.2. The molecule has 0 saturated carbocycles. The summed E-state index contributed by atoms with van der Waals surface area (Å²) >= 11 is 0. The quantitative estimate of drug-likeness (QED) is 0.500. The molecule has 0 fully saturated rings. The number of carbonyl (C=O) groups excluding carboxylic acids is 1. The van der Waals surface area contributed by atoms with Crippen molar-refractivity contribution in [2.45, 2.75) is 13.3 Å². The molecule has 6 nitrogen and oxygen atoms in total. The van der Waals surface area contributed by atoms with Crippen LogP contribution in [-0.4, -0.2) is 30.9 Å². The van der Waals surface area contributed by atoms with Crippen LogP contribution in [0.25, 0.3) is 10.8 Å². The molecule has 3 aromatic rings. The maximum Gasteiger partial charge on any atom is 0.275 e. The van der Waals surface area contributed by atoms with Crippen molar-refractivity contribution in [3.63, 3.8) is 0 Å². The number of aromatic hydroxyl groups is 1. The second kappa shape index (κ2) is 8.43. The van der Waals surface area contributed by atoms with Crippen molar-refractivity contribution in [2.24, 2.45) is 5.10 Å². The third kappa shape index (κ3) is 3.91. The monoisotopic (exact) mass is 378 g/mol. The maximum atomic E-state index is 12.6. The highest BCUT2D eigenvalue weighted by molar-refractivity contribution is 6.04. The molecule has 0 aliphatic heterocycles. The van der Waals surface area contributed by atoms with E-state index in [1.165, 1.54) is 0 Å². The van der Waals surface area contributed by atoms with Crippen molar-refractivity contribution in [3.05, 3.63) is 65.7 Å². The minimum Gasteiger partial charge on any atom is -0.507 e. The van der Waals surface area contributed by atoms with Crippen LogP contribution in [0.3, 0.4) is 0 Å². The molecule has 2 N–H and O–H groups in total. The molecule has 1 amide bonds. The lowest BCUT2D eigenvalue weighted by molar-refractivity contribution is 0.0952. The molecule has 0 heterocycles. The summed E-state index contributed by atoms with van der Waals surface area (Å²) in [7, 11) is 3.14. The Hall–Kier alpha value is -3.54. The van der Waals surface area contributed by atoms with Crippen LogP contribution in [0.15, 0.2) is 59.7 Å². The highest BCUT2D eigenvalue weighted by Gasteiger charge is 2.13. The van der Waals surface area contributed by atoms with Gasteiger partial charge in [-0.15, -0.1) is 0 Å². The Labute approximate surface area is 163 Å². The number of phenolic OH excluding ortho intramolecular Hbond substituents is 1. The third-order valence-electron chi connectivity index (χ3n) is 4.45. The second-order valence-corrected chi connectivity index (χ2v) is 6.14. The number of phenols is 1. The van der Waals surface area contributed by atoms with Crippen molar-refractivity contribution in [1.29, 1.82) is 0 Å². The summed E-state index contributed by atoms with van der Waals surface area (Å²) in [6, 6.07) is 16.2. The molecule has 28 heavy (non-hydrogen) atoms. The minimum atomic E-state index is -0.477. The van der Waals surface area contributed by atoms with Crippen LogP contribution in [0.4, 0.5) is 0 Å². The van der Waals surface area contributed by atoms with Gasteiger partial charge in [-0.3, -0.25) is 4.79 Å². The molecule has 3 rings (SSSR count). The fraction of sp³-hybridized carbons (Fsp3) is 0.182. The smallest absolute Gasteiger partial charge is 0.275 e. The molecule has 0 unspecified atom stereocenters. The van der Waals surface area contributed by atoms with Crippen LogP contribution in [0.2, 0.25) is 0 Å². The number of methoxy groups -OCH3 is 2. The molecule has 3 aromatic carbocycles. The molecular weight excluding hydrogens is 356 g/mol. The first-order chi connectivity index (χ1) is 13.6. The molecule has 0 aromatic heterocycles. The van der Waals surface area contributed by atoms with Crippen molar-refractivity contribution in [1.82, 2.24) is 5.43 Å². The van der Waals surface area contributed by atoms with Gasteiger partial charge in [-0.1, -0.05) is 31.2 Å². The maximum absolute atomic E-state index is 12.6. The lowest BCUT2D eigenvalue weighted by Crippen LogP contribution is -2.20. The largest absolute Gasteiger partial charge is 0.507 e. The van der Waals surface area contributed by atoms with Gasteiger partial charge in [-0.05, 0) is 47.5 Å². The molecule has 6 heteroatoms. The number of benzene rings is 3. The van der Waals surface area contributed by atoms with Crippen molar-refractivity contribution in [3.8, 4) is 17.2 Å². The SMILES string of the molecule is CC/C(=N\NC(=O)c1cc2ccccc2cc1O)c1ccc(OC)c(OC)c1. The molecule has 144 valence electrons. The zero-order chi connectivity index (χ0) is 20.1. The number of hydrogen-bond acceptors (Lipinski definition) is 5. The number of amides is 1. The van der Waals surface area contributed by atoms with E-state index in [1.54, 1.807) is 38.5 Å². The summed E-state index contributed by atoms with van der Waals surface area (Å²) in [6.45, 7) is 1.94. The van der Waals surface area contributed by atoms with E-state index in [2.05, 4.69) is 10.5 Å². The molecule has 0 saturated heterocycles. The Kier molecular flexibility index (Phi) is 5.79. The van der Waals surface area contributed by atoms with E-state index in [1.807, 2.05) is 37.3 Å². The predicted octanol–water partition coefficient (Wildman–Crippen LogP) is 4.11. The topological polar surface area (TPSA) is 80.2 Å². The number of ether oxygens (including phenoxy) is 2. The summed E-state index contributed by atoms with van der Waals surface area (Å²) in [6.07, 6.45) is 0.597. The second-order valence-electron chi connectivity index (χ2n) is 6.14. The normalized spacial score (nSPS) is 11.3. The summed E-state index contributed by atoms with van der Waals surface area (Å²) < 4.78 is 10.6. The van der Waals surface area contributed by atoms with Crippen LogP contribution >= 0.6 is 0 Å². The van der Waals surface area contributed by atoms with E-state index < -0.39 is 5.91 Å². The lowest BCUT2D eigenvalue weighted by Gasteiger charge is -2.11. The Balaban J connectivity index is 1.87. The third-order valence-corrected chi connectivity index (χ3v) is 4.45. The van der Waals surface area contributed by atoms with Crippen LogP contribution in [0, 0.1) is 0 Å². The van der Waals surface area contributed by atoms with E-state index in [4.69, 9.17) is 9.47 Å². The summed E-state index contributed by atoms with van der Waals surface area (Å²) in [5.41, 5.74) is 4.19. The van der Waals surface area contributed by atoms with Gasteiger partial charge < -0.3 is 14.6 Å². The van der Waals surface area contributed by atoms with Crippen LogP contribution in [-0.2, 0) is 0 Å². The number of nitrogens with zero attached hydrogens (tertiary/aromatic N) is 1. The summed E-state index contributed by atoms with van der Waals surface area (Å²) in [5.74, 6) is 0.636. The number of hydrazone groups is 1. The average Bonchev–Trinajstić information content (AvgIpc) is 2.73. The van der Waals surface area contributed by atoms with E-state index in [-0.39, 0.29) is 11.3 Å². The number of hydrogen-bond donors (Lipinski definition) is 2. The number of rotatable bonds is 6. The Morgan fingerprint density at radius 3 is 2.32 bits per heavy atom. The van der Waals surface area contributed by atoms with Gasteiger partial charge in [-0.25, -0.2) is 5.43 Å². The van der Waals surface area contributed by atoms with E-state index in [0.29, 0.717) is 23.6 Å². The van der Waals surface area contributed by atoms with Gasteiger partial charge in [0.1, 0.15) is 5.75 Å². The van der Waals surface area contributed by atoms with Gasteiger partial charge in [0.05, 0.1) is 25.5 Å². The Morgan fingerprint density at radius 2 is 1.68 bits per heavy atom. The van der Waals surface area contributed by atoms with Crippen LogP contribution in [0.5, 0.6) is 17.2 Å². The fourth-order valence-electron chi connectivity index (χ4n) is 2.95. The molecule has 0 spiro atoms. The first-order valence-electron chi connectivity index (χ1n) is 8.88. The van der Waals surface area contributed by atoms with Crippen molar-refractivity contribution in [2.75, 3.05) is 14.2 Å². The molecule has 0 radical (unpaired) electrons. The van der Waals surface area contributed by atoms with E-state index in [0.717, 1.165) is 16.3 Å². The predicted molar refractivity (Wildman–Crippen MR) is 109 cm³/mol. The standard InChI is InChI=1S/C22H22N2O4/c1-4-18(16-9-10-20(27-2)21(13-16)28-3)23-24-22(26)17-11-14-7-5-6-8-15(14)12-19(17)25/h5-13,25H,4H2,1-3H3,(H,24,26)/b23-18+. The lowest BCUT2D eigenvalue weighted by atomic mass is 10.1. The van der Waals surface area contributed by atoms with Gasteiger partial charge >= 0.3 is 0 Å². The molecule has 0 bridgehead atoms. The van der Waals surface area contributed by atoms with Gasteiger partial charge in [0, 0.05) is 5.56 Å². The van der Waals surface area contributed by atoms with E-state index in [9.17, 15) is 9.90 Å². The fourth-order valence-corrected chi connectivity index (χ4v) is 2.95. The van der Waals surface area contributed by atoms with E-state index >= 15 is 0 Å². The number of nitrogens with one attached hydrogen (secondary N) is 1. The first-order valence-corrected chi connectivity index (χ1v) is 8.88. The average molecular weight is 378 g/mol. The van der Waals surface area contributed by atoms with Gasteiger partial charge in [-0.2, -0.15) is 5.10 Å². The highest BCUT2D eigenvalue weighted by Crippen LogP contribution is 2.28. The van der Waals surface area contributed by atoms with Crippen LogP contribution < -0.4 is 14.9 Å². The van der Waals surface area contributed by atoms with Gasteiger partial charge in [0.25, 0.3) is 5.91 Å². The highest BCUT2D eigenvalue weighted by atomic mass is 16.5. The molecule has 0 atom stereocenters. The summed E-state index contributed by atoms with van der Waals surface area (Å²) in [5, 5.41) is 16.2. The Morgan fingerprint density at radius 1 is 1.00 bits per heavy atom. The summed E-state index contributed by atoms with van der Waals surface area (Å²) in [4.78, 5) is 12.6. The zero-order valence-electron chi connectivity index (χ0n) is 16.0. The Bertz CT molecular complexity index is 1040. The van der Waals surface area contributed by atoms with Gasteiger partial charge in [0.2, 0.25) is 0 Å². The van der Waals surface area contributed by atoms with Crippen molar-refractivity contribution >= 4 is 22.4 Å². The van der Waals surface area contributed by atoms with Crippen molar-refractivity contribution < 1.29 is 19.4 Å². The molecular formula is C22H22N2O4. The number of fused-ring (bicyclic) bond motifs is 1. The zero-order valence-corrected chi connectivity index (χ0v) is 16.0. The molecule has 0 aliphatic rings. The number of carbonyl (C=O) groups is 1.